The summed E-state index contributed by atoms with van der Waals surface area (Å²) >= 11 is 6.43. The Labute approximate surface area is 247 Å². The fraction of sp³-hybridized carbons (Fsp3) is 0.286. The van der Waals surface area contributed by atoms with Crippen LogP contribution in [0.3, 0.4) is 0 Å². The molecule has 10 nitrogen and oxygen atoms in total. The molecular weight excluding hydrogens is 585 g/mol. The molecule has 2 aliphatic heterocycles. The SMILES string of the molecule is CC1CN(S(=O)(=O)c2cccc(-c3nn(-c4ccccc4)cc3/C=C3\SC(=S)N(CCC(=O)O)C3=O)c2)CC(C)O1. The molecule has 0 radical (unpaired) electrons. The van der Waals surface area contributed by atoms with Crippen LogP contribution in [0.4, 0.5) is 0 Å². The van der Waals surface area contributed by atoms with Gasteiger partial charge in [-0.25, -0.2) is 13.1 Å². The van der Waals surface area contributed by atoms with Crippen LogP contribution >= 0.6 is 24.0 Å². The van der Waals surface area contributed by atoms with E-state index in [0.29, 0.717) is 21.7 Å². The molecule has 2 fully saturated rings. The predicted molar refractivity (Wildman–Crippen MR) is 160 cm³/mol. The summed E-state index contributed by atoms with van der Waals surface area (Å²) in [6.45, 7) is 4.19. The van der Waals surface area contributed by atoms with Gasteiger partial charge in [0.05, 0.1) is 34.1 Å². The van der Waals surface area contributed by atoms with Crippen molar-refractivity contribution < 1.29 is 27.9 Å². The first-order valence-electron chi connectivity index (χ1n) is 12.9. The summed E-state index contributed by atoms with van der Waals surface area (Å²) in [5.41, 5.74) is 2.39. The topological polar surface area (TPSA) is 122 Å². The second kappa shape index (κ2) is 11.9. The number of hydrogen-bond donors (Lipinski definition) is 1. The number of aliphatic carboxylic acids is 1. The number of morpholine rings is 1. The molecule has 1 amide bonds. The molecule has 0 spiro atoms. The standard InChI is InChI=1S/C28H28N4O6S3/c1-18-15-30(16-19(2)38-18)41(36,37)23-10-6-7-20(13-23)26-21(17-32(29-26)22-8-4-3-5-9-22)14-24-27(35)31(28(39)40-24)12-11-25(33)34/h3-10,13-14,17-19H,11-12,15-16H2,1-2H3,(H,33,34)/b24-14-. The van der Waals surface area contributed by atoms with Crippen molar-refractivity contribution in [1.29, 1.82) is 0 Å². The first-order chi connectivity index (χ1) is 19.5. The lowest BCUT2D eigenvalue weighted by Crippen LogP contribution is -2.48. The third kappa shape index (κ3) is 6.28. The van der Waals surface area contributed by atoms with Crippen LogP contribution in [0.25, 0.3) is 23.0 Å². The zero-order chi connectivity index (χ0) is 29.3. The molecule has 0 bridgehead atoms. The van der Waals surface area contributed by atoms with Crippen LogP contribution in [0.5, 0.6) is 0 Å². The number of hydrogen-bond acceptors (Lipinski definition) is 8. The number of aromatic nitrogens is 2. The Morgan fingerprint density at radius 1 is 1.15 bits per heavy atom. The van der Waals surface area contributed by atoms with Crippen molar-refractivity contribution in [3.8, 4) is 16.9 Å². The van der Waals surface area contributed by atoms with Gasteiger partial charge >= 0.3 is 5.97 Å². The van der Waals surface area contributed by atoms with Gasteiger partial charge in [-0.3, -0.25) is 14.5 Å². The minimum atomic E-state index is -3.80. The Bertz CT molecular complexity index is 1630. The summed E-state index contributed by atoms with van der Waals surface area (Å²) in [5.74, 6) is -1.41. The number of ether oxygens (including phenoxy) is 1. The highest BCUT2D eigenvalue weighted by Gasteiger charge is 2.34. The third-order valence-corrected chi connectivity index (χ3v) is 9.81. The maximum atomic E-state index is 13.6. The summed E-state index contributed by atoms with van der Waals surface area (Å²) in [7, 11) is -3.80. The number of thiocarbonyl (C=S) groups is 1. The highest BCUT2D eigenvalue weighted by molar-refractivity contribution is 8.26. The summed E-state index contributed by atoms with van der Waals surface area (Å²) in [4.78, 5) is 25.9. The number of carboxylic acid groups (broad SMARTS) is 1. The summed E-state index contributed by atoms with van der Waals surface area (Å²) in [5, 5.41) is 13.8. The number of carbonyl (C=O) groups is 2. The molecule has 0 aliphatic carbocycles. The van der Waals surface area contributed by atoms with Crippen LogP contribution in [-0.2, 0) is 24.3 Å². The van der Waals surface area contributed by atoms with Gasteiger partial charge in [0.1, 0.15) is 10.0 Å². The predicted octanol–water partition coefficient (Wildman–Crippen LogP) is 4.01. The van der Waals surface area contributed by atoms with Crippen molar-refractivity contribution in [1.82, 2.24) is 19.0 Å². The van der Waals surface area contributed by atoms with E-state index in [1.807, 2.05) is 44.2 Å². The van der Waals surface area contributed by atoms with Crippen molar-refractivity contribution in [2.75, 3.05) is 19.6 Å². The molecule has 214 valence electrons. The number of benzene rings is 2. The van der Waals surface area contributed by atoms with Crippen molar-refractivity contribution in [2.45, 2.75) is 37.4 Å². The van der Waals surface area contributed by atoms with E-state index in [-0.39, 0.29) is 53.4 Å². The van der Waals surface area contributed by atoms with Crippen molar-refractivity contribution in [2.24, 2.45) is 0 Å². The van der Waals surface area contributed by atoms with Crippen LogP contribution in [0.15, 0.2) is 70.6 Å². The van der Waals surface area contributed by atoms with Gasteiger partial charge in [-0.05, 0) is 44.2 Å². The van der Waals surface area contributed by atoms with E-state index < -0.39 is 16.0 Å². The molecule has 2 aliphatic rings. The minimum Gasteiger partial charge on any atom is -0.481 e. The number of para-hydroxylation sites is 1. The zero-order valence-electron chi connectivity index (χ0n) is 22.3. The first-order valence-corrected chi connectivity index (χ1v) is 15.6. The van der Waals surface area contributed by atoms with Gasteiger partial charge in [-0.2, -0.15) is 9.40 Å². The number of sulfonamides is 1. The lowest BCUT2D eigenvalue weighted by Gasteiger charge is -2.34. The molecule has 2 aromatic carbocycles. The van der Waals surface area contributed by atoms with Gasteiger partial charge < -0.3 is 9.84 Å². The Morgan fingerprint density at radius 3 is 2.54 bits per heavy atom. The van der Waals surface area contributed by atoms with Crippen LogP contribution in [0.2, 0.25) is 0 Å². The van der Waals surface area contributed by atoms with E-state index in [2.05, 4.69) is 0 Å². The molecule has 1 N–H and O–H groups in total. The van der Waals surface area contributed by atoms with Crippen molar-refractivity contribution in [3.05, 3.63) is 71.3 Å². The maximum absolute atomic E-state index is 13.6. The molecular formula is C28H28N4O6S3. The van der Waals surface area contributed by atoms with Crippen LogP contribution in [0, 0.1) is 0 Å². The Morgan fingerprint density at radius 2 is 1.85 bits per heavy atom. The largest absolute Gasteiger partial charge is 0.481 e. The van der Waals surface area contributed by atoms with Crippen LogP contribution in [-0.4, -0.2) is 80.5 Å². The molecule has 2 unspecified atom stereocenters. The number of carboxylic acids is 1. The second-order valence-electron chi connectivity index (χ2n) is 9.80. The number of rotatable bonds is 8. The molecule has 5 rings (SSSR count). The van der Waals surface area contributed by atoms with Gasteiger partial charge in [-0.1, -0.05) is 54.3 Å². The lowest BCUT2D eigenvalue weighted by atomic mass is 10.1. The molecule has 13 heteroatoms. The summed E-state index contributed by atoms with van der Waals surface area (Å²) in [6.07, 6.45) is 2.76. The molecule has 41 heavy (non-hydrogen) atoms. The number of amides is 1. The monoisotopic (exact) mass is 612 g/mol. The molecule has 2 atom stereocenters. The third-order valence-electron chi connectivity index (χ3n) is 6.60. The highest BCUT2D eigenvalue weighted by Crippen LogP contribution is 2.35. The van der Waals surface area contributed by atoms with Gasteiger partial charge in [0.15, 0.2) is 0 Å². The van der Waals surface area contributed by atoms with E-state index in [9.17, 15) is 18.0 Å². The van der Waals surface area contributed by atoms with E-state index in [0.717, 1.165) is 17.4 Å². The Hall–Kier alpha value is -3.36. The van der Waals surface area contributed by atoms with E-state index in [1.165, 1.54) is 9.21 Å². The molecule has 3 aromatic rings. The molecule has 2 saturated heterocycles. The maximum Gasteiger partial charge on any atom is 0.305 e. The second-order valence-corrected chi connectivity index (χ2v) is 13.4. The average Bonchev–Trinajstić information content (AvgIpc) is 3.47. The normalized spacial score (nSPS) is 21.1. The summed E-state index contributed by atoms with van der Waals surface area (Å²) < 4.78 is 36.3. The number of thioether (sulfide) groups is 1. The molecule has 0 saturated carbocycles. The zero-order valence-corrected chi connectivity index (χ0v) is 24.8. The van der Waals surface area contributed by atoms with E-state index >= 15 is 0 Å². The fourth-order valence-corrected chi connectivity index (χ4v) is 7.69. The number of carbonyl (C=O) groups excluding carboxylic acids is 1. The minimum absolute atomic E-state index is 0.0217. The average molecular weight is 613 g/mol. The van der Waals surface area contributed by atoms with E-state index in [1.54, 1.807) is 41.2 Å². The van der Waals surface area contributed by atoms with Gasteiger partial charge in [0.2, 0.25) is 10.0 Å². The quantitative estimate of drug-likeness (QED) is 0.297. The fourth-order valence-electron chi connectivity index (χ4n) is 4.75. The first kappa shape index (κ1) is 29.1. The van der Waals surface area contributed by atoms with Gasteiger partial charge in [-0.15, -0.1) is 0 Å². The Kier molecular flexibility index (Phi) is 8.43. The molecule has 1 aromatic heterocycles. The lowest BCUT2D eigenvalue weighted by molar-refractivity contribution is -0.137. The van der Waals surface area contributed by atoms with Gasteiger partial charge in [0.25, 0.3) is 5.91 Å². The van der Waals surface area contributed by atoms with Crippen LogP contribution in [0.1, 0.15) is 25.8 Å². The summed E-state index contributed by atoms with van der Waals surface area (Å²) in [6, 6.07) is 16.0. The van der Waals surface area contributed by atoms with Crippen LogP contribution < -0.4 is 0 Å². The Balaban J connectivity index is 1.55. The smallest absolute Gasteiger partial charge is 0.305 e. The van der Waals surface area contributed by atoms with Crippen molar-refractivity contribution >= 4 is 56.3 Å². The molecule has 3 heterocycles. The van der Waals surface area contributed by atoms with Gasteiger partial charge in [0, 0.05) is 37.0 Å². The highest BCUT2D eigenvalue weighted by atomic mass is 32.2. The van der Waals surface area contributed by atoms with Crippen molar-refractivity contribution in [3.63, 3.8) is 0 Å². The van der Waals surface area contributed by atoms with E-state index in [4.69, 9.17) is 27.2 Å². The number of nitrogens with zero attached hydrogens (tertiary/aromatic N) is 4.